The number of amides is 1. The fourth-order valence-electron chi connectivity index (χ4n) is 3.27. The van der Waals surface area contributed by atoms with Crippen LogP contribution in [-0.2, 0) is 22.1 Å². The lowest BCUT2D eigenvalue weighted by molar-refractivity contribution is 0.0753. The minimum Gasteiger partial charge on any atom is -0.332 e. The molecule has 1 aromatic carbocycles. The molecule has 0 N–H and O–H groups in total. The van der Waals surface area contributed by atoms with Crippen LogP contribution < -0.4 is 0 Å². The Morgan fingerprint density at radius 1 is 1.27 bits per heavy atom. The molecule has 0 radical (unpaired) electrons. The molecule has 0 fully saturated rings. The number of carbonyl (C=O) groups excluding carboxylic acids is 1. The van der Waals surface area contributed by atoms with Crippen molar-refractivity contribution in [2.75, 3.05) is 6.54 Å². The van der Waals surface area contributed by atoms with Crippen LogP contribution >= 0.6 is 22.9 Å². The number of aromatic nitrogens is 2. The second kappa shape index (κ2) is 9.32. The summed E-state index contributed by atoms with van der Waals surface area (Å²) in [6.45, 7) is 6.50. The van der Waals surface area contributed by atoms with Gasteiger partial charge in [0.1, 0.15) is 0 Å². The molecule has 0 aliphatic heterocycles. The van der Waals surface area contributed by atoms with Gasteiger partial charge in [0.15, 0.2) is 0 Å². The third-order valence-electron chi connectivity index (χ3n) is 4.63. The number of halogens is 1. The Morgan fingerprint density at radius 2 is 2.03 bits per heavy atom. The lowest BCUT2D eigenvalue weighted by Gasteiger charge is -2.23. The maximum atomic E-state index is 13.1. The Balaban J connectivity index is 1.92. The molecule has 160 valence electrons. The van der Waals surface area contributed by atoms with Gasteiger partial charge in [-0.3, -0.25) is 4.79 Å². The van der Waals surface area contributed by atoms with E-state index in [1.807, 2.05) is 32.2 Å². The summed E-state index contributed by atoms with van der Waals surface area (Å²) in [5.74, 6) is -0.269. The van der Waals surface area contributed by atoms with Gasteiger partial charge in [-0.15, -0.1) is 11.3 Å². The van der Waals surface area contributed by atoms with Gasteiger partial charge in [0.2, 0.25) is 15.0 Å². The van der Waals surface area contributed by atoms with Crippen molar-refractivity contribution in [3.8, 4) is 0 Å². The third kappa shape index (κ3) is 4.94. The average molecular weight is 466 g/mol. The standard InChI is InChI=1S/C21H24ClN3O3S2/c1-4-24(20(26)19-9-6-10-29-19)13-18-12-23-21(25(18)15(2)3)30(27,28)14-16-7-5-8-17(22)11-16/h5-12,15H,4,13-14H2,1-3H3. The van der Waals surface area contributed by atoms with Crippen molar-refractivity contribution >= 4 is 38.7 Å². The molecule has 0 aliphatic rings. The first-order valence-electron chi connectivity index (χ1n) is 9.59. The fraction of sp³-hybridized carbons (Fsp3) is 0.333. The number of benzene rings is 1. The molecule has 2 heterocycles. The van der Waals surface area contributed by atoms with E-state index in [2.05, 4.69) is 4.98 Å². The Hall–Kier alpha value is -2.16. The van der Waals surface area contributed by atoms with Gasteiger partial charge >= 0.3 is 0 Å². The molecule has 0 saturated heterocycles. The van der Waals surface area contributed by atoms with Crippen molar-refractivity contribution in [1.82, 2.24) is 14.5 Å². The predicted octanol–water partition coefficient (Wildman–Crippen LogP) is 4.82. The smallest absolute Gasteiger partial charge is 0.264 e. The van der Waals surface area contributed by atoms with Crippen LogP contribution in [0.25, 0.3) is 0 Å². The summed E-state index contributed by atoms with van der Waals surface area (Å²) in [6, 6.07) is 10.3. The van der Waals surface area contributed by atoms with Gasteiger partial charge in [-0.05, 0) is 49.9 Å². The van der Waals surface area contributed by atoms with Gasteiger partial charge in [0, 0.05) is 17.6 Å². The maximum Gasteiger partial charge on any atom is 0.264 e. The zero-order valence-corrected chi connectivity index (χ0v) is 19.5. The van der Waals surface area contributed by atoms with Crippen LogP contribution in [0.3, 0.4) is 0 Å². The van der Waals surface area contributed by atoms with Crippen molar-refractivity contribution in [2.45, 2.75) is 44.3 Å². The van der Waals surface area contributed by atoms with Crippen molar-refractivity contribution in [2.24, 2.45) is 0 Å². The second-order valence-electron chi connectivity index (χ2n) is 7.18. The highest BCUT2D eigenvalue weighted by atomic mass is 35.5. The third-order valence-corrected chi connectivity index (χ3v) is 7.30. The maximum absolute atomic E-state index is 13.1. The van der Waals surface area contributed by atoms with E-state index in [4.69, 9.17) is 11.6 Å². The highest BCUT2D eigenvalue weighted by molar-refractivity contribution is 7.90. The molecule has 0 saturated carbocycles. The molecule has 0 aliphatic carbocycles. The molecule has 0 bridgehead atoms. The van der Waals surface area contributed by atoms with E-state index in [-0.39, 0.29) is 29.4 Å². The zero-order chi connectivity index (χ0) is 21.9. The van der Waals surface area contributed by atoms with Crippen molar-refractivity contribution in [1.29, 1.82) is 0 Å². The molecule has 6 nitrogen and oxygen atoms in total. The Labute approximate surface area is 186 Å². The summed E-state index contributed by atoms with van der Waals surface area (Å²) in [7, 11) is -3.70. The van der Waals surface area contributed by atoms with Gasteiger partial charge in [0.05, 0.1) is 29.1 Å². The minimum atomic E-state index is -3.70. The van der Waals surface area contributed by atoms with Crippen LogP contribution in [0.4, 0.5) is 0 Å². The van der Waals surface area contributed by atoms with Crippen molar-refractivity contribution < 1.29 is 13.2 Å². The molecule has 0 atom stereocenters. The summed E-state index contributed by atoms with van der Waals surface area (Å²) < 4.78 is 27.9. The van der Waals surface area contributed by atoms with Gasteiger partial charge in [-0.1, -0.05) is 29.8 Å². The Kier molecular flexibility index (Phi) is 7.00. The van der Waals surface area contributed by atoms with E-state index in [0.29, 0.717) is 27.7 Å². The molecule has 3 aromatic rings. The van der Waals surface area contributed by atoms with E-state index in [0.717, 1.165) is 0 Å². The van der Waals surface area contributed by atoms with Gasteiger partial charge in [0.25, 0.3) is 5.91 Å². The normalized spacial score (nSPS) is 11.8. The van der Waals surface area contributed by atoms with Crippen LogP contribution in [-0.4, -0.2) is 35.3 Å². The molecule has 9 heteroatoms. The Bertz CT molecular complexity index is 1120. The first-order chi connectivity index (χ1) is 14.2. The predicted molar refractivity (Wildman–Crippen MR) is 120 cm³/mol. The molecule has 30 heavy (non-hydrogen) atoms. The molecule has 0 unspecified atom stereocenters. The number of sulfone groups is 1. The van der Waals surface area contributed by atoms with Gasteiger partial charge in [-0.25, -0.2) is 13.4 Å². The van der Waals surface area contributed by atoms with E-state index >= 15 is 0 Å². The molecule has 0 spiro atoms. The summed E-state index contributed by atoms with van der Waals surface area (Å²) in [4.78, 5) is 19.4. The highest BCUT2D eigenvalue weighted by Crippen LogP contribution is 2.24. The molecule has 1 amide bonds. The van der Waals surface area contributed by atoms with Gasteiger partial charge in [-0.2, -0.15) is 0 Å². The summed E-state index contributed by atoms with van der Waals surface area (Å²) in [6.07, 6.45) is 1.55. The number of nitrogens with zero attached hydrogens (tertiary/aromatic N) is 3. The number of hydrogen-bond acceptors (Lipinski definition) is 5. The monoisotopic (exact) mass is 465 g/mol. The number of rotatable bonds is 8. The lowest BCUT2D eigenvalue weighted by atomic mass is 10.2. The summed E-state index contributed by atoms with van der Waals surface area (Å²) in [5.41, 5.74) is 1.28. The first-order valence-corrected chi connectivity index (χ1v) is 12.5. The quantitative estimate of drug-likeness (QED) is 0.478. The van der Waals surface area contributed by atoms with Crippen LogP contribution in [0.1, 0.15) is 47.7 Å². The van der Waals surface area contributed by atoms with Crippen LogP contribution in [0.2, 0.25) is 5.02 Å². The van der Waals surface area contributed by atoms with Crippen LogP contribution in [0.15, 0.2) is 53.1 Å². The van der Waals surface area contributed by atoms with E-state index in [1.54, 1.807) is 46.0 Å². The van der Waals surface area contributed by atoms with Crippen molar-refractivity contribution in [3.63, 3.8) is 0 Å². The first kappa shape index (κ1) is 22.5. The SMILES string of the molecule is CCN(Cc1cnc(S(=O)(=O)Cc2cccc(Cl)c2)n1C(C)C)C(=O)c1cccs1. The summed E-state index contributed by atoms with van der Waals surface area (Å²) >= 11 is 7.39. The van der Waals surface area contributed by atoms with Crippen LogP contribution in [0.5, 0.6) is 0 Å². The van der Waals surface area contributed by atoms with Crippen molar-refractivity contribution in [3.05, 3.63) is 69.1 Å². The zero-order valence-electron chi connectivity index (χ0n) is 17.1. The molecular formula is C21H24ClN3O3S2. The minimum absolute atomic E-state index is 0.00658. The van der Waals surface area contributed by atoms with E-state index < -0.39 is 9.84 Å². The second-order valence-corrected chi connectivity index (χ2v) is 10.4. The Morgan fingerprint density at radius 3 is 2.63 bits per heavy atom. The number of imidazole rings is 1. The average Bonchev–Trinajstić information content (AvgIpc) is 3.35. The van der Waals surface area contributed by atoms with Gasteiger partial charge < -0.3 is 9.47 Å². The highest BCUT2D eigenvalue weighted by Gasteiger charge is 2.27. The van der Waals surface area contributed by atoms with Crippen LogP contribution in [0, 0.1) is 0 Å². The number of thiophene rings is 1. The lowest BCUT2D eigenvalue weighted by Crippen LogP contribution is -2.31. The molecule has 2 aromatic heterocycles. The van der Waals surface area contributed by atoms with E-state index in [9.17, 15) is 13.2 Å². The van der Waals surface area contributed by atoms with E-state index in [1.165, 1.54) is 11.3 Å². The summed E-state index contributed by atoms with van der Waals surface area (Å²) in [5, 5.41) is 2.35. The molecular weight excluding hydrogens is 442 g/mol. The fourth-order valence-corrected chi connectivity index (χ4v) is 5.76. The topological polar surface area (TPSA) is 72.3 Å². The number of carbonyl (C=O) groups is 1. The number of hydrogen-bond donors (Lipinski definition) is 0. The largest absolute Gasteiger partial charge is 0.332 e. The molecule has 3 rings (SSSR count).